The molecule has 1 heterocycles. The van der Waals surface area contributed by atoms with Crippen molar-refractivity contribution >= 4 is 11.6 Å². The lowest BCUT2D eigenvalue weighted by Crippen LogP contribution is -2.40. The highest BCUT2D eigenvalue weighted by molar-refractivity contribution is 5.75. The van der Waals surface area contributed by atoms with Crippen molar-refractivity contribution in [2.45, 2.75) is 25.9 Å². The Balaban J connectivity index is 1.73. The van der Waals surface area contributed by atoms with Crippen LogP contribution in [0.5, 0.6) is 0 Å². The van der Waals surface area contributed by atoms with Crippen molar-refractivity contribution in [1.29, 1.82) is 0 Å². The average molecular weight is 287 g/mol. The molecule has 0 aliphatic carbocycles. The first-order chi connectivity index (χ1) is 10.2. The highest BCUT2D eigenvalue weighted by Gasteiger charge is 2.11. The smallest absolute Gasteiger partial charge is 0.221 e. The zero-order valence-corrected chi connectivity index (χ0v) is 12.4. The van der Waals surface area contributed by atoms with E-state index in [1.54, 1.807) is 11.0 Å². The summed E-state index contributed by atoms with van der Waals surface area (Å²) in [5.41, 5.74) is 1.14. The van der Waals surface area contributed by atoms with Crippen LogP contribution < -0.4 is 10.2 Å². The molecule has 0 bridgehead atoms. The van der Waals surface area contributed by atoms with Crippen LogP contribution in [0.25, 0.3) is 0 Å². The van der Waals surface area contributed by atoms with Gasteiger partial charge in [0.25, 0.3) is 0 Å². The molecular formula is C15H21N5O. The van der Waals surface area contributed by atoms with Crippen LogP contribution in [-0.4, -0.2) is 40.3 Å². The van der Waals surface area contributed by atoms with E-state index < -0.39 is 0 Å². The molecule has 21 heavy (non-hydrogen) atoms. The lowest BCUT2D eigenvalue weighted by molar-refractivity contribution is -0.121. The first-order valence-corrected chi connectivity index (χ1v) is 7.04. The number of rotatable bonds is 7. The van der Waals surface area contributed by atoms with E-state index in [1.165, 1.54) is 6.33 Å². The van der Waals surface area contributed by atoms with Crippen LogP contribution in [0.2, 0.25) is 0 Å². The third-order valence-corrected chi connectivity index (χ3v) is 3.45. The van der Waals surface area contributed by atoms with Crippen LogP contribution in [-0.2, 0) is 11.3 Å². The molecule has 0 radical (unpaired) electrons. The monoisotopic (exact) mass is 287 g/mol. The van der Waals surface area contributed by atoms with Crippen LogP contribution in [0.15, 0.2) is 43.0 Å². The van der Waals surface area contributed by atoms with Gasteiger partial charge in [0.15, 0.2) is 0 Å². The van der Waals surface area contributed by atoms with Gasteiger partial charge in [-0.15, -0.1) is 0 Å². The quantitative estimate of drug-likeness (QED) is 0.834. The van der Waals surface area contributed by atoms with Crippen LogP contribution >= 0.6 is 0 Å². The molecule has 0 aliphatic rings. The Hall–Kier alpha value is -2.37. The minimum Gasteiger partial charge on any atom is -0.370 e. The van der Waals surface area contributed by atoms with E-state index in [9.17, 15) is 4.79 Å². The summed E-state index contributed by atoms with van der Waals surface area (Å²) in [6, 6.07) is 10.4. The first-order valence-electron chi connectivity index (χ1n) is 7.04. The van der Waals surface area contributed by atoms with Crippen LogP contribution in [0.3, 0.4) is 0 Å². The fourth-order valence-corrected chi connectivity index (χ4v) is 1.97. The van der Waals surface area contributed by atoms with E-state index in [0.717, 1.165) is 5.69 Å². The van der Waals surface area contributed by atoms with E-state index in [2.05, 4.69) is 39.4 Å². The molecule has 112 valence electrons. The van der Waals surface area contributed by atoms with Crippen LogP contribution in [0.1, 0.15) is 13.3 Å². The van der Waals surface area contributed by atoms with Gasteiger partial charge in [0, 0.05) is 31.7 Å². The van der Waals surface area contributed by atoms with Crippen molar-refractivity contribution in [1.82, 2.24) is 20.1 Å². The number of nitrogens with one attached hydrogen (secondary N) is 1. The average Bonchev–Trinajstić information content (AvgIpc) is 3.04. The lowest BCUT2D eigenvalue weighted by Gasteiger charge is -2.27. The zero-order chi connectivity index (χ0) is 15.1. The molecule has 0 spiro atoms. The molecule has 1 atom stereocenters. The molecule has 1 aromatic carbocycles. The van der Waals surface area contributed by atoms with Crippen molar-refractivity contribution < 1.29 is 4.79 Å². The van der Waals surface area contributed by atoms with Gasteiger partial charge in [-0.25, -0.2) is 4.98 Å². The minimum absolute atomic E-state index is 0.0267. The van der Waals surface area contributed by atoms with Gasteiger partial charge in [-0.1, -0.05) is 18.2 Å². The van der Waals surface area contributed by atoms with E-state index >= 15 is 0 Å². The van der Waals surface area contributed by atoms with Gasteiger partial charge < -0.3 is 10.2 Å². The Morgan fingerprint density at radius 2 is 2.14 bits per heavy atom. The van der Waals surface area contributed by atoms with Gasteiger partial charge in [0.1, 0.15) is 12.7 Å². The number of hydrogen-bond acceptors (Lipinski definition) is 4. The molecule has 1 unspecified atom stereocenters. The molecule has 6 heteroatoms. The number of aryl methyl sites for hydroxylation is 1. The maximum absolute atomic E-state index is 11.8. The zero-order valence-electron chi connectivity index (χ0n) is 12.4. The summed E-state index contributed by atoms with van der Waals surface area (Å²) in [6.07, 6.45) is 3.49. The van der Waals surface area contributed by atoms with Gasteiger partial charge in [-0.3, -0.25) is 9.48 Å². The molecule has 0 aliphatic heterocycles. The highest BCUT2D eigenvalue weighted by atomic mass is 16.1. The Bertz CT molecular complexity index is 540. The maximum atomic E-state index is 11.8. The van der Waals surface area contributed by atoms with Crippen molar-refractivity contribution in [2.24, 2.45) is 0 Å². The largest absolute Gasteiger partial charge is 0.370 e. The fraction of sp³-hybridized carbons (Fsp3) is 0.400. The van der Waals surface area contributed by atoms with Gasteiger partial charge in [-0.2, -0.15) is 5.10 Å². The lowest BCUT2D eigenvalue weighted by atomic mass is 10.2. The van der Waals surface area contributed by atoms with E-state index in [-0.39, 0.29) is 11.9 Å². The number of aromatic nitrogens is 3. The number of anilines is 1. The molecule has 2 rings (SSSR count). The summed E-state index contributed by atoms with van der Waals surface area (Å²) in [5, 5.41) is 6.92. The third kappa shape index (κ3) is 4.59. The molecule has 2 aromatic rings. The highest BCUT2D eigenvalue weighted by Crippen LogP contribution is 2.13. The van der Waals surface area contributed by atoms with Gasteiger partial charge in [0.05, 0.1) is 6.54 Å². The molecule has 0 saturated carbocycles. The number of nitrogens with zero attached hydrogens (tertiary/aromatic N) is 4. The number of likely N-dealkylation sites (N-methyl/N-ethyl adjacent to an activating group) is 1. The number of hydrogen-bond donors (Lipinski definition) is 1. The number of amides is 1. The van der Waals surface area contributed by atoms with Crippen molar-refractivity contribution in [3.05, 3.63) is 43.0 Å². The molecule has 1 amide bonds. The molecule has 0 fully saturated rings. The summed E-state index contributed by atoms with van der Waals surface area (Å²) in [4.78, 5) is 17.8. The van der Waals surface area contributed by atoms with E-state index in [1.807, 2.05) is 25.2 Å². The first kappa shape index (κ1) is 15.0. The van der Waals surface area contributed by atoms with Crippen molar-refractivity contribution in [3.8, 4) is 0 Å². The van der Waals surface area contributed by atoms with Crippen LogP contribution in [0.4, 0.5) is 5.69 Å². The normalized spacial score (nSPS) is 11.9. The van der Waals surface area contributed by atoms with Crippen molar-refractivity contribution in [3.63, 3.8) is 0 Å². The molecule has 1 aromatic heterocycles. The van der Waals surface area contributed by atoms with Crippen LogP contribution in [0, 0.1) is 0 Å². The van der Waals surface area contributed by atoms with Gasteiger partial charge in [0.2, 0.25) is 5.91 Å². The second kappa shape index (κ2) is 7.42. The Labute approximate surface area is 124 Å². The Kier molecular flexibility index (Phi) is 5.31. The topological polar surface area (TPSA) is 63.1 Å². The number of carbonyl (C=O) groups excluding carboxylic acids is 1. The molecule has 6 nitrogen and oxygen atoms in total. The predicted molar refractivity (Wildman–Crippen MR) is 82.0 cm³/mol. The summed E-state index contributed by atoms with van der Waals surface area (Å²) in [7, 11) is 2.03. The SMILES string of the molecule is CC(CNC(=O)CCn1cncn1)N(C)c1ccccc1. The number of benzene rings is 1. The molecule has 1 N–H and O–H groups in total. The minimum atomic E-state index is 0.0267. The number of para-hydroxylation sites is 1. The van der Waals surface area contributed by atoms with E-state index in [4.69, 9.17) is 0 Å². The van der Waals surface area contributed by atoms with E-state index in [0.29, 0.717) is 19.5 Å². The van der Waals surface area contributed by atoms with Gasteiger partial charge >= 0.3 is 0 Å². The standard InChI is InChI=1S/C15H21N5O/c1-13(19(2)14-6-4-3-5-7-14)10-17-15(21)8-9-20-12-16-11-18-20/h3-7,11-13H,8-10H2,1-2H3,(H,17,21). The second-order valence-corrected chi connectivity index (χ2v) is 5.01. The summed E-state index contributed by atoms with van der Waals surface area (Å²) in [6.45, 7) is 3.25. The maximum Gasteiger partial charge on any atom is 0.221 e. The summed E-state index contributed by atoms with van der Waals surface area (Å²) < 4.78 is 1.65. The Morgan fingerprint density at radius 1 is 1.38 bits per heavy atom. The number of carbonyl (C=O) groups is 1. The molecular weight excluding hydrogens is 266 g/mol. The fourth-order valence-electron chi connectivity index (χ4n) is 1.97. The van der Waals surface area contributed by atoms with Gasteiger partial charge in [-0.05, 0) is 19.1 Å². The predicted octanol–water partition coefficient (Wildman–Crippen LogP) is 1.31. The summed E-state index contributed by atoms with van der Waals surface area (Å²) in [5.74, 6) is 0.0267. The third-order valence-electron chi connectivity index (χ3n) is 3.45. The second-order valence-electron chi connectivity index (χ2n) is 5.01. The summed E-state index contributed by atoms with van der Waals surface area (Å²) >= 11 is 0. The Morgan fingerprint density at radius 3 is 2.81 bits per heavy atom. The van der Waals surface area contributed by atoms with Crippen molar-refractivity contribution in [2.75, 3.05) is 18.5 Å². The molecule has 0 saturated heterocycles.